The fourth-order valence-electron chi connectivity index (χ4n) is 4.94. The Kier molecular flexibility index (Phi) is 4.09. The maximum Gasteiger partial charge on any atom is 0.410 e. The van der Waals surface area contributed by atoms with E-state index < -0.39 is 5.60 Å². The molecule has 4 heterocycles. The van der Waals surface area contributed by atoms with E-state index in [1.807, 2.05) is 37.0 Å². The number of rotatable bonds is 1. The van der Waals surface area contributed by atoms with Crippen LogP contribution in [-0.4, -0.2) is 51.7 Å². The Morgan fingerprint density at radius 3 is 2.57 bits per heavy atom. The SMILES string of the molecule is CC(C)(C)OC(=O)N1CCC2(CC1)CCN2c1ncnc2sc3c(c12)CCC3. The third kappa shape index (κ3) is 2.86. The number of hydrogen-bond acceptors (Lipinski definition) is 6. The van der Waals surface area contributed by atoms with Crippen molar-refractivity contribution in [3.63, 3.8) is 0 Å². The van der Waals surface area contributed by atoms with Gasteiger partial charge in [0.2, 0.25) is 0 Å². The van der Waals surface area contributed by atoms with Gasteiger partial charge >= 0.3 is 6.09 Å². The molecular weight excluding hydrogens is 372 g/mol. The normalized spacial score (nSPS) is 21.1. The largest absolute Gasteiger partial charge is 0.444 e. The first-order chi connectivity index (χ1) is 13.4. The minimum absolute atomic E-state index is 0.132. The van der Waals surface area contributed by atoms with Gasteiger partial charge in [0.1, 0.15) is 22.6 Å². The Hall–Kier alpha value is -1.89. The summed E-state index contributed by atoms with van der Waals surface area (Å²) in [5.74, 6) is 1.13. The number of likely N-dealkylation sites (tertiary alicyclic amines) is 1. The maximum absolute atomic E-state index is 12.4. The number of thiophene rings is 1. The van der Waals surface area contributed by atoms with Gasteiger partial charge in [0, 0.05) is 30.1 Å². The average molecular weight is 401 g/mol. The molecule has 6 nitrogen and oxygen atoms in total. The molecule has 1 spiro atoms. The van der Waals surface area contributed by atoms with Crippen LogP contribution in [0.5, 0.6) is 0 Å². The monoisotopic (exact) mass is 400 g/mol. The molecule has 0 atom stereocenters. The lowest BCUT2D eigenvalue weighted by Crippen LogP contribution is -2.65. The summed E-state index contributed by atoms with van der Waals surface area (Å²) in [6.45, 7) is 8.31. The quantitative estimate of drug-likeness (QED) is 0.719. The van der Waals surface area contributed by atoms with Crippen LogP contribution < -0.4 is 4.90 Å². The predicted octanol–water partition coefficient (Wildman–Crippen LogP) is 4.16. The first-order valence-electron chi connectivity index (χ1n) is 10.4. The Labute approximate surface area is 169 Å². The Morgan fingerprint density at radius 1 is 1.14 bits per heavy atom. The highest BCUT2D eigenvalue weighted by Gasteiger charge is 2.48. The molecule has 0 radical (unpaired) electrons. The van der Waals surface area contributed by atoms with Gasteiger partial charge in [0.05, 0.1) is 5.39 Å². The molecule has 0 unspecified atom stereocenters. The first kappa shape index (κ1) is 18.2. The summed E-state index contributed by atoms with van der Waals surface area (Å²) in [5.41, 5.74) is 1.18. The number of aryl methyl sites for hydroxylation is 2. The average Bonchev–Trinajstić information content (AvgIpc) is 3.20. The zero-order valence-corrected chi connectivity index (χ0v) is 17.8. The standard InChI is InChI=1S/C21H28N4O2S/c1-20(2,3)27-19(26)24-10-7-21(8-11-24)9-12-25(21)17-16-14-5-4-6-15(14)28-18(16)23-13-22-17/h13H,4-12H2,1-3H3. The molecule has 0 aromatic carbocycles. The lowest BCUT2D eigenvalue weighted by Gasteiger charge is -2.57. The van der Waals surface area contributed by atoms with E-state index in [1.165, 1.54) is 35.1 Å². The molecule has 150 valence electrons. The second-order valence-corrected chi connectivity index (χ2v) is 10.4. The van der Waals surface area contributed by atoms with Crippen LogP contribution in [0.25, 0.3) is 10.2 Å². The van der Waals surface area contributed by atoms with Crippen molar-refractivity contribution in [1.82, 2.24) is 14.9 Å². The van der Waals surface area contributed by atoms with Gasteiger partial charge in [-0.1, -0.05) is 0 Å². The molecule has 2 aliphatic heterocycles. The third-order valence-corrected chi connectivity index (χ3v) is 7.66. The van der Waals surface area contributed by atoms with Crippen LogP contribution in [-0.2, 0) is 17.6 Å². The van der Waals surface area contributed by atoms with Crippen LogP contribution in [0, 0.1) is 0 Å². The van der Waals surface area contributed by atoms with Gasteiger partial charge in [-0.2, -0.15) is 0 Å². The van der Waals surface area contributed by atoms with Crippen LogP contribution >= 0.6 is 11.3 Å². The first-order valence-corrected chi connectivity index (χ1v) is 11.2. The van der Waals surface area contributed by atoms with E-state index in [2.05, 4.69) is 9.88 Å². The van der Waals surface area contributed by atoms with Crippen LogP contribution in [0.15, 0.2) is 6.33 Å². The van der Waals surface area contributed by atoms with E-state index in [1.54, 1.807) is 6.33 Å². The molecule has 2 aromatic rings. The fourth-order valence-corrected chi connectivity index (χ4v) is 6.16. The lowest BCUT2D eigenvalue weighted by molar-refractivity contribution is 0.0130. The number of ether oxygens (including phenoxy) is 1. The van der Waals surface area contributed by atoms with Crippen LogP contribution in [0.2, 0.25) is 0 Å². The number of piperidine rings is 1. The van der Waals surface area contributed by atoms with Gasteiger partial charge in [0.25, 0.3) is 0 Å². The summed E-state index contributed by atoms with van der Waals surface area (Å²) in [5, 5.41) is 1.30. The molecule has 0 saturated carbocycles. The lowest BCUT2D eigenvalue weighted by atomic mass is 9.76. The number of hydrogen-bond donors (Lipinski definition) is 0. The molecule has 2 saturated heterocycles. The molecule has 2 aromatic heterocycles. The van der Waals surface area contributed by atoms with Gasteiger partial charge in [-0.05, 0) is 64.9 Å². The number of amides is 1. The smallest absolute Gasteiger partial charge is 0.410 e. The maximum atomic E-state index is 12.4. The van der Waals surface area contributed by atoms with Crippen molar-refractivity contribution < 1.29 is 9.53 Å². The number of anilines is 1. The van der Waals surface area contributed by atoms with Crippen molar-refractivity contribution in [2.24, 2.45) is 0 Å². The molecule has 7 heteroatoms. The molecule has 0 bridgehead atoms. The van der Waals surface area contributed by atoms with E-state index in [0.717, 1.165) is 49.5 Å². The Morgan fingerprint density at radius 2 is 1.89 bits per heavy atom. The molecule has 0 N–H and O–H groups in total. The zero-order valence-electron chi connectivity index (χ0n) is 17.0. The molecular formula is C21H28N4O2S. The van der Waals surface area contributed by atoms with Gasteiger partial charge in [0.15, 0.2) is 0 Å². The van der Waals surface area contributed by atoms with Crippen molar-refractivity contribution in [3.8, 4) is 0 Å². The zero-order chi connectivity index (χ0) is 19.5. The molecule has 2 fully saturated rings. The summed E-state index contributed by atoms with van der Waals surface area (Å²) in [4.78, 5) is 28.8. The van der Waals surface area contributed by atoms with E-state index in [-0.39, 0.29) is 11.6 Å². The Bertz CT molecular complexity index is 924. The van der Waals surface area contributed by atoms with Crippen LogP contribution in [0.4, 0.5) is 10.6 Å². The molecule has 1 aliphatic carbocycles. The van der Waals surface area contributed by atoms with Gasteiger partial charge < -0.3 is 14.5 Å². The van der Waals surface area contributed by atoms with E-state index >= 15 is 0 Å². The number of nitrogens with zero attached hydrogens (tertiary/aromatic N) is 4. The van der Waals surface area contributed by atoms with E-state index in [0.29, 0.717) is 0 Å². The Balaban J connectivity index is 1.37. The summed E-state index contributed by atoms with van der Waals surface area (Å²) < 4.78 is 5.56. The summed E-state index contributed by atoms with van der Waals surface area (Å²) in [6.07, 6.45) is 8.26. The van der Waals surface area contributed by atoms with Gasteiger partial charge in [-0.3, -0.25) is 0 Å². The fraction of sp³-hybridized carbons (Fsp3) is 0.667. The minimum Gasteiger partial charge on any atom is -0.444 e. The number of carbonyl (C=O) groups excluding carboxylic acids is 1. The van der Waals surface area contributed by atoms with Crippen molar-refractivity contribution in [1.29, 1.82) is 0 Å². The number of carbonyl (C=O) groups is 1. The number of aromatic nitrogens is 2. The molecule has 3 aliphatic rings. The van der Waals surface area contributed by atoms with Crippen LogP contribution in [0.1, 0.15) is 56.9 Å². The molecule has 28 heavy (non-hydrogen) atoms. The number of fused-ring (bicyclic) bond motifs is 3. The topological polar surface area (TPSA) is 58.6 Å². The van der Waals surface area contributed by atoms with Gasteiger partial charge in [-0.25, -0.2) is 14.8 Å². The highest BCUT2D eigenvalue weighted by atomic mass is 32.1. The van der Waals surface area contributed by atoms with E-state index in [9.17, 15) is 4.79 Å². The van der Waals surface area contributed by atoms with Crippen molar-refractivity contribution in [2.75, 3.05) is 24.5 Å². The van der Waals surface area contributed by atoms with Crippen molar-refractivity contribution in [3.05, 3.63) is 16.8 Å². The van der Waals surface area contributed by atoms with Gasteiger partial charge in [-0.15, -0.1) is 11.3 Å². The van der Waals surface area contributed by atoms with Crippen LogP contribution in [0.3, 0.4) is 0 Å². The highest BCUT2D eigenvalue weighted by molar-refractivity contribution is 7.19. The summed E-state index contributed by atoms with van der Waals surface area (Å²) in [6, 6.07) is 0. The second kappa shape index (κ2) is 6.31. The molecule has 5 rings (SSSR count). The predicted molar refractivity (Wildman–Crippen MR) is 111 cm³/mol. The summed E-state index contributed by atoms with van der Waals surface area (Å²) in [7, 11) is 0. The highest BCUT2D eigenvalue weighted by Crippen LogP contribution is 2.47. The van der Waals surface area contributed by atoms with E-state index in [4.69, 9.17) is 9.72 Å². The minimum atomic E-state index is -0.444. The molecule has 1 amide bonds. The van der Waals surface area contributed by atoms with Crippen molar-refractivity contribution >= 4 is 33.5 Å². The second-order valence-electron chi connectivity index (χ2n) is 9.33. The third-order valence-electron chi connectivity index (χ3n) is 6.46. The summed E-state index contributed by atoms with van der Waals surface area (Å²) >= 11 is 1.85. The van der Waals surface area contributed by atoms with Crippen molar-refractivity contribution in [2.45, 2.75) is 70.4 Å².